The largest absolute Gasteiger partial charge is 0.508 e. The number of aliphatic imine (C=N–C) groups is 1. The van der Waals surface area contributed by atoms with Crippen molar-refractivity contribution in [1.82, 2.24) is 56.8 Å². The molecule has 3 fully saturated rings. The number of likely N-dealkylation sites (N-methyl/N-ethyl adjacent to an activating group) is 1. The molecule has 0 aliphatic carbocycles. The van der Waals surface area contributed by atoms with Crippen molar-refractivity contribution in [2.75, 3.05) is 49.9 Å². The van der Waals surface area contributed by atoms with E-state index in [0.29, 0.717) is 41.6 Å². The fourth-order valence-electron chi connectivity index (χ4n) is 13.3. The minimum absolute atomic E-state index is 0.00122. The maximum atomic E-state index is 13.8. The maximum Gasteiger partial charge on any atom is 0.508 e. The molecule has 4 aromatic rings. The van der Waals surface area contributed by atoms with Gasteiger partial charge in [-0.25, -0.2) is 29.3 Å². The van der Waals surface area contributed by atoms with Gasteiger partial charge in [0.25, 0.3) is 11.5 Å². The van der Waals surface area contributed by atoms with Gasteiger partial charge in [0.2, 0.25) is 35.5 Å². The van der Waals surface area contributed by atoms with Crippen molar-refractivity contribution >= 4 is 140 Å². The van der Waals surface area contributed by atoms with Crippen LogP contribution in [0.4, 0.5) is 16.4 Å². The highest BCUT2D eigenvalue weighted by molar-refractivity contribution is 8.76. The Morgan fingerprint density at radius 1 is 0.778 bits per heavy atom. The van der Waals surface area contributed by atoms with Crippen LogP contribution in [0.5, 0.6) is 0 Å². The fraction of sp³-hybridized carbons (Fsp3) is 0.525. The first kappa shape index (κ1) is 101. The fourth-order valence-corrected chi connectivity index (χ4v) is 15.5. The van der Waals surface area contributed by atoms with Gasteiger partial charge in [0.1, 0.15) is 78.8 Å². The van der Waals surface area contributed by atoms with E-state index in [-0.39, 0.29) is 104 Å². The van der Waals surface area contributed by atoms with Crippen LogP contribution >= 0.6 is 21.6 Å². The standard InChI is InChI=1S/C42H57NO13S2.C38H49N15O15/c1-23(16-30-21-51-28(6)43-30)10-9-11-25(3)37(49-8)27(5)32-20-35(55-41(48)50-14-15-57-58-22-26(4)39(45)46)42(7)34(56-42)13-12-24(2)31-17-29(19-36(44)52-31)18-33-38(53-33)40(47)54-32;1-42-31(62)21(11-25(55)56)50-34(65)23(13-27(59)60)51-32(63)19(3-2-10-43-37(39)40)48-33(64)22(12-26(57)58)47-24(54)9-8-20(36(67)68)49-30(61)16-4-6-17(7-5-16)44-14-18-15-45-29-28(46-18)35(66)53-38(41)52-29/h9-13,16,21,24,26-27,29,31-35,37-38H,14-15,17-20,22H2,1-8H3,(H,45,46);4-7,15,19-23,44H,2-3,8-14H2,1H3,(H,42,62)(H,47,54)(H,48,64)(H,49,61)(H,50,65)(H,51,63)(H,55,56)(H,57,58)(H,59,60)(H,67,68)(H4,39,40,43)(H3,41,45,52,53,66)/b10-9+,13-12+,23-16+,25-11+;/t24-,26+,27+,29+,31?,32+,33+,34-,35+,37+,38-,42+;19-,20-,21-,22-,23-/m10/s1. The first-order chi connectivity index (χ1) is 59.6. The third kappa shape index (κ3) is 32.2. The van der Waals surface area contributed by atoms with Crippen LogP contribution in [0.15, 0.2) is 92.5 Å². The number of nitrogens with one attached hydrogen (secondary N) is 8. The number of hydrogen-bond donors (Lipinski definition) is 16. The van der Waals surface area contributed by atoms with Crippen molar-refractivity contribution in [3.8, 4) is 0 Å². The molecule has 3 aromatic heterocycles. The average Bonchev–Trinajstić information content (AvgIpc) is 1.59. The number of rotatable bonds is 42. The molecule has 0 spiro atoms. The predicted octanol–water partition coefficient (Wildman–Crippen LogP) is 2.34. The summed E-state index contributed by atoms with van der Waals surface area (Å²) in [6, 6.07) is -3.20. The van der Waals surface area contributed by atoms with Crippen LogP contribution in [0.2, 0.25) is 0 Å². The number of carbonyl (C=O) groups is 14. The zero-order chi connectivity index (χ0) is 92.8. The second kappa shape index (κ2) is 48.1. The molecule has 4 aliphatic rings. The van der Waals surface area contributed by atoms with Gasteiger partial charge in [-0.05, 0) is 100 Å². The third-order valence-electron chi connectivity index (χ3n) is 20.3. The highest BCUT2D eigenvalue weighted by Crippen LogP contribution is 2.46. The van der Waals surface area contributed by atoms with E-state index in [0.717, 1.165) is 23.9 Å². The number of fused-ring (bicyclic) bond motifs is 5. The van der Waals surface area contributed by atoms with Crippen LogP contribution < -0.4 is 60.0 Å². The van der Waals surface area contributed by atoms with Gasteiger partial charge in [-0.2, -0.15) is 4.98 Å². The van der Waals surface area contributed by atoms with Crippen molar-refractivity contribution < 1.29 is 130 Å². The summed E-state index contributed by atoms with van der Waals surface area (Å²) >= 11 is 0. The molecular formula is C80H106N16O28S2. The summed E-state index contributed by atoms with van der Waals surface area (Å²) in [6.45, 7) is 13.1. The molecule has 19 N–H and O–H groups in total. The third-order valence-corrected chi connectivity index (χ3v) is 22.8. The number of aromatic amines is 1. The highest BCUT2D eigenvalue weighted by atomic mass is 33.1. The van der Waals surface area contributed by atoms with Crippen molar-refractivity contribution in [2.45, 2.75) is 204 Å². The highest BCUT2D eigenvalue weighted by Gasteiger charge is 2.60. The molecule has 46 heteroatoms. The van der Waals surface area contributed by atoms with Crippen LogP contribution in [0.25, 0.3) is 17.2 Å². The van der Waals surface area contributed by atoms with E-state index >= 15 is 0 Å². The van der Waals surface area contributed by atoms with Crippen LogP contribution in [0, 0.1) is 30.6 Å². The maximum absolute atomic E-state index is 13.8. The summed E-state index contributed by atoms with van der Waals surface area (Å²) in [5, 5.41) is 63.0. The van der Waals surface area contributed by atoms with E-state index in [1.54, 1.807) is 27.2 Å². The molecule has 7 heterocycles. The lowest BCUT2D eigenvalue weighted by molar-refractivity contribution is -0.159. The van der Waals surface area contributed by atoms with Gasteiger partial charge in [0.15, 0.2) is 29.1 Å². The van der Waals surface area contributed by atoms with E-state index in [1.165, 1.54) is 52.1 Å². The van der Waals surface area contributed by atoms with Crippen molar-refractivity contribution in [2.24, 2.45) is 40.1 Å². The van der Waals surface area contributed by atoms with Gasteiger partial charge in [-0.3, -0.25) is 67.5 Å². The van der Waals surface area contributed by atoms with Gasteiger partial charge >= 0.3 is 47.9 Å². The Morgan fingerprint density at radius 3 is 2.04 bits per heavy atom. The molecule has 2 bridgehead atoms. The van der Waals surface area contributed by atoms with Crippen LogP contribution in [-0.4, -0.2) is 257 Å². The number of cyclic esters (lactones) is 1. The number of methoxy groups -OCH3 is 1. The molecule has 126 heavy (non-hydrogen) atoms. The summed E-state index contributed by atoms with van der Waals surface area (Å²) in [5.41, 5.74) is 18.1. The molecule has 0 radical (unpaired) electrons. The number of aliphatic carboxylic acids is 5. The molecule has 686 valence electrons. The number of nitrogens with two attached hydrogens (primary N) is 3. The minimum Gasteiger partial charge on any atom is -0.481 e. The van der Waals surface area contributed by atoms with Gasteiger partial charge in [0.05, 0.1) is 55.8 Å². The number of esters is 2. The van der Waals surface area contributed by atoms with Gasteiger partial charge < -0.3 is 118 Å². The van der Waals surface area contributed by atoms with Crippen molar-refractivity contribution in [1.29, 1.82) is 0 Å². The number of ether oxygens (including phenoxy) is 7. The average molecular weight is 1800 g/mol. The van der Waals surface area contributed by atoms with E-state index < -0.39 is 193 Å². The number of carboxylic acid groups (broad SMARTS) is 5. The molecule has 3 saturated heterocycles. The quantitative estimate of drug-likeness (QED) is 0.00348. The van der Waals surface area contributed by atoms with Crippen molar-refractivity contribution in [3.05, 3.63) is 111 Å². The molecule has 1 unspecified atom stereocenters. The lowest BCUT2D eigenvalue weighted by Crippen LogP contribution is -2.58. The Labute approximate surface area is 729 Å². The molecule has 6 amide bonds. The Bertz CT molecular complexity index is 4810. The SMILES string of the molecule is CNC(=O)[C@H](CC(=O)O)NC(=O)[C@H](CC(=O)O)NC(=O)[C@H](CCCN=C(N)N)NC(=O)[C@H](CC(=O)O)NC(=O)CC[C@H](NC(=O)c1ccc(NCc2cnc3nc(N)[nH]c(=O)c3n2)cc1)C(=O)O.CO[C@@H](/C(C)=C/C=C/C(C)=C/c1coc(C)n1)[C@@H](C)[C@@H]1C[C@H](OC(=O)OCCSSC[C@H](C)C(=O)O)[C@@]2(C)O[C@@H]2/C=C/[C@@H](C)C2C[C@H](CC(=O)O2)C[C@@H]2O[C@H]2C(=O)O1. The Balaban J connectivity index is 0.000000350. The number of nitrogen functional groups attached to an aromatic ring is 1. The number of amides is 6. The Morgan fingerprint density at radius 2 is 1.42 bits per heavy atom. The normalized spacial score (nSPS) is 21.9. The number of oxazole rings is 1. The van der Waals surface area contributed by atoms with Crippen LogP contribution in [-0.2, 0) is 97.2 Å². The Hall–Kier alpha value is -12.6. The van der Waals surface area contributed by atoms with Crippen LogP contribution in [0.1, 0.15) is 140 Å². The minimum atomic E-state index is -1.95. The predicted molar refractivity (Wildman–Crippen MR) is 450 cm³/mol. The van der Waals surface area contributed by atoms with Gasteiger partial charge in [-0.15, -0.1) is 0 Å². The summed E-state index contributed by atoms with van der Waals surface area (Å²) in [5.74, 6) is -14.7. The molecule has 8 rings (SSSR count). The monoisotopic (exact) mass is 1800 g/mol. The van der Waals surface area contributed by atoms with E-state index in [2.05, 4.69) is 61.8 Å². The number of carboxylic acids is 5. The van der Waals surface area contributed by atoms with E-state index in [4.69, 9.17) is 65.0 Å². The number of H-pyrrole nitrogens is 1. The lowest BCUT2D eigenvalue weighted by atomic mass is 9.84. The first-order valence-corrected chi connectivity index (χ1v) is 42.3. The second-order valence-corrected chi connectivity index (χ2v) is 33.0. The summed E-state index contributed by atoms with van der Waals surface area (Å²) in [4.78, 5) is 211. The molecule has 17 atom stereocenters. The first-order valence-electron chi connectivity index (χ1n) is 39.9. The summed E-state index contributed by atoms with van der Waals surface area (Å²) in [7, 11) is 5.53. The van der Waals surface area contributed by atoms with Gasteiger partial charge in [-0.1, -0.05) is 72.7 Å². The smallest absolute Gasteiger partial charge is 0.481 e. The number of aromatic nitrogens is 5. The Kier molecular flexibility index (Phi) is 38.4. The number of guanidine groups is 1. The number of carbonyl (C=O) groups excluding carboxylic acids is 9. The number of aryl methyl sites for hydroxylation is 1. The number of allylic oxidation sites excluding steroid dienone is 4. The summed E-state index contributed by atoms with van der Waals surface area (Å²) < 4.78 is 46.9. The number of anilines is 2. The zero-order valence-electron chi connectivity index (χ0n) is 70.4. The van der Waals surface area contributed by atoms with Gasteiger partial charge in [0, 0.05) is 81.5 Å². The van der Waals surface area contributed by atoms with Crippen LogP contribution in [0.3, 0.4) is 0 Å². The number of benzene rings is 1. The topological polar surface area (TPSA) is 684 Å². The molecule has 44 nitrogen and oxygen atoms in total. The lowest BCUT2D eigenvalue weighted by Gasteiger charge is -2.33. The number of nitrogens with zero attached hydrogens (tertiary/aromatic N) is 5. The molecule has 4 aliphatic heterocycles. The molecular weight excluding hydrogens is 1700 g/mol. The number of epoxide rings is 2. The second-order valence-electron chi connectivity index (χ2n) is 30.3. The number of hydrogen-bond acceptors (Lipinski definition) is 32. The summed E-state index contributed by atoms with van der Waals surface area (Å²) in [6.07, 6.45) is 6.22. The zero-order valence-corrected chi connectivity index (χ0v) is 72.0. The molecule has 1 aromatic carbocycles. The van der Waals surface area contributed by atoms with Crippen molar-refractivity contribution in [3.63, 3.8) is 0 Å². The molecule has 0 saturated carbocycles. The van der Waals surface area contributed by atoms with E-state index in [1.807, 2.05) is 76.4 Å². The van der Waals surface area contributed by atoms with E-state index in [9.17, 15) is 87.2 Å².